The predicted molar refractivity (Wildman–Crippen MR) is 36.6 cm³/mol. The molecule has 0 saturated heterocycles. The molecule has 0 heterocycles. The van der Waals surface area contributed by atoms with E-state index in [9.17, 15) is 0 Å². The molecule has 1 aliphatic rings. The van der Waals surface area contributed by atoms with Crippen molar-refractivity contribution < 1.29 is 0 Å². The van der Waals surface area contributed by atoms with Gasteiger partial charge >= 0.3 is 0 Å². The minimum Gasteiger partial charge on any atom is -0.198 e. The van der Waals surface area contributed by atoms with E-state index in [1.807, 2.05) is 13.0 Å². The summed E-state index contributed by atoms with van der Waals surface area (Å²) in [5.74, 6) is 0.890. The summed E-state index contributed by atoms with van der Waals surface area (Å²) in [6, 6.07) is 2.29. The molecule has 0 radical (unpaired) electrons. The molecule has 1 aliphatic carbocycles. The topological polar surface area (TPSA) is 23.8 Å². The van der Waals surface area contributed by atoms with Gasteiger partial charge in [-0.05, 0) is 25.7 Å². The summed E-state index contributed by atoms with van der Waals surface area (Å²) in [4.78, 5) is 0. The van der Waals surface area contributed by atoms with Crippen LogP contribution in [0.2, 0.25) is 0 Å². The first-order valence-corrected chi connectivity index (χ1v) is 3.41. The second-order valence-corrected chi connectivity index (χ2v) is 2.50. The molecule has 1 rings (SSSR count). The molecule has 0 unspecified atom stereocenters. The third-order valence-corrected chi connectivity index (χ3v) is 1.93. The van der Waals surface area contributed by atoms with Crippen LogP contribution in [0.25, 0.3) is 0 Å². The van der Waals surface area contributed by atoms with Crippen molar-refractivity contribution in [3.05, 3.63) is 12.2 Å². The number of nitrogens with zero attached hydrogens (tertiary/aromatic N) is 1. The summed E-state index contributed by atoms with van der Waals surface area (Å²) in [5, 5.41) is 8.50. The molecule has 0 amide bonds. The minimum atomic E-state index is 0.321. The van der Waals surface area contributed by atoms with Crippen molar-refractivity contribution in [3.63, 3.8) is 0 Å². The summed E-state index contributed by atoms with van der Waals surface area (Å²) in [5.41, 5.74) is 0. The average molecular weight is 121 g/mol. The summed E-state index contributed by atoms with van der Waals surface area (Å²) in [7, 11) is 0. The Morgan fingerprint density at radius 2 is 2.33 bits per heavy atom. The molecule has 0 spiro atoms. The fourth-order valence-electron chi connectivity index (χ4n) is 1.16. The van der Waals surface area contributed by atoms with E-state index >= 15 is 0 Å². The Morgan fingerprint density at radius 3 is 2.67 bits per heavy atom. The van der Waals surface area contributed by atoms with E-state index in [1.54, 1.807) is 0 Å². The minimum absolute atomic E-state index is 0.321. The molecular weight excluding hydrogens is 110 g/mol. The van der Waals surface area contributed by atoms with Crippen molar-refractivity contribution in [1.82, 2.24) is 0 Å². The van der Waals surface area contributed by atoms with Crippen LogP contribution in [-0.4, -0.2) is 0 Å². The first-order valence-electron chi connectivity index (χ1n) is 3.41. The molecule has 1 fully saturated rings. The molecule has 1 nitrogen and oxygen atoms in total. The molecule has 1 saturated carbocycles. The fraction of sp³-hybridized carbons (Fsp3) is 0.625. The third kappa shape index (κ3) is 1.13. The van der Waals surface area contributed by atoms with Gasteiger partial charge in [0, 0.05) is 0 Å². The van der Waals surface area contributed by atoms with Crippen LogP contribution in [0.1, 0.15) is 19.8 Å². The number of hydrogen-bond acceptors (Lipinski definition) is 1. The second kappa shape index (κ2) is 2.68. The summed E-state index contributed by atoms with van der Waals surface area (Å²) >= 11 is 0. The van der Waals surface area contributed by atoms with Crippen molar-refractivity contribution in [3.8, 4) is 6.07 Å². The molecule has 48 valence electrons. The lowest BCUT2D eigenvalue weighted by Crippen LogP contribution is -2.21. The zero-order chi connectivity index (χ0) is 6.69. The molecule has 9 heavy (non-hydrogen) atoms. The molecule has 0 bridgehead atoms. The summed E-state index contributed by atoms with van der Waals surface area (Å²) in [6.07, 6.45) is 6.49. The highest BCUT2D eigenvalue weighted by molar-refractivity contribution is 5.04. The average Bonchev–Trinajstić information content (AvgIpc) is 1.82. The van der Waals surface area contributed by atoms with E-state index in [0.29, 0.717) is 11.8 Å². The highest BCUT2D eigenvalue weighted by Gasteiger charge is 2.27. The summed E-state index contributed by atoms with van der Waals surface area (Å²) in [6.45, 7) is 2.01. The van der Waals surface area contributed by atoms with Gasteiger partial charge in [-0.3, -0.25) is 0 Å². The van der Waals surface area contributed by atoms with Crippen LogP contribution >= 0.6 is 0 Å². The van der Waals surface area contributed by atoms with Gasteiger partial charge in [0.05, 0.1) is 12.0 Å². The maximum Gasteiger partial charge on any atom is 0.0661 e. The van der Waals surface area contributed by atoms with Crippen molar-refractivity contribution in [2.45, 2.75) is 19.8 Å². The Labute approximate surface area is 56.0 Å². The molecule has 0 aromatic heterocycles. The number of hydrogen-bond donors (Lipinski definition) is 0. The smallest absolute Gasteiger partial charge is 0.0661 e. The quantitative estimate of drug-likeness (QED) is 0.487. The largest absolute Gasteiger partial charge is 0.198 e. The second-order valence-electron chi connectivity index (χ2n) is 2.50. The van der Waals surface area contributed by atoms with Crippen LogP contribution in [-0.2, 0) is 0 Å². The van der Waals surface area contributed by atoms with E-state index in [1.165, 1.54) is 6.42 Å². The van der Waals surface area contributed by atoms with E-state index in [-0.39, 0.29) is 0 Å². The van der Waals surface area contributed by atoms with Gasteiger partial charge in [-0.2, -0.15) is 5.26 Å². The number of rotatable bonds is 1. The zero-order valence-electron chi connectivity index (χ0n) is 5.67. The monoisotopic (exact) mass is 121 g/mol. The van der Waals surface area contributed by atoms with Crippen molar-refractivity contribution in [1.29, 1.82) is 5.26 Å². The van der Waals surface area contributed by atoms with Crippen LogP contribution in [0.5, 0.6) is 0 Å². The van der Waals surface area contributed by atoms with Gasteiger partial charge in [0.1, 0.15) is 0 Å². The number of allylic oxidation sites excluding steroid dienone is 2. The first kappa shape index (κ1) is 6.35. The lowest BCUT2D eigenvalue weighted by atomic mass is 9.74. The van der Waals surface area contributed by atoms with Gasteiger partial charge in [-0.25, -0.2) is 0 Å². The predicted octanol–water partition coefficient (Wildman–Crippen LogP) is 2.11. The molecule has 0 aromatic rings. The van der Waals surface area contributed by atoms with Gasteiger partial charge in [0.25, 0.3) is 0 Å². The van der Waals surface area contributed by atoms with Gasteiger partial charge in [-0.15, -0.1) is 0 Å². The molecular formula is C8H11N. The van der Waals surface area contributed by atoms with Crippen LogP contribution in [0, 0.1) is 23.2 Å². The normalized spacial score (nSPS) is 33.8. The molecule has 0 N–H and O–H groups in total. The van der Waals surface area contributed by atoms with Crippen molar-refractivity contribution in [2.24, 2.45) is 11.8 Å². The van der Waals surface area contributed by atoms with E-state index in [4.69, 9.17) is 5.26 Å². The van der Waals surface area contributed by atoms with Gasteiger partial charge in [-0.1, -0.05) is 12.2 Å². The van der Waals surface area contributed by atoms with Crippen LogP contribution in [0.4, 0.5) is 0 Å². The molecule has 1 heteroatoms. The van der Waals surface area contributed by atoms with Crippen molar-refractivity contribution >= 4 is 0 Å². The summed E-state index contributed by atoms with van der Waals surface area (Å²) < 4.78 is 0. The van der Waals surface area contributed by atoms with Crippen LogP contribution < -0.4 is 0 Å². The number of nitriles is 1. The highest BCUT2D eigenvalue weighted by Crippen LogP contribution is 2.34. The van der Waals surface area contributed by atoms with Crippen LogP contribution in [0.15, 0.2) is 12.2 Å². The van der Waals surface area contributed by atoms with Crippen LogP contribution in [0.3, 0.4) is 0 Å². The Morgan fingerprint density at radius 1 is 1.56 bits per heavy atom. The SMILES string of the molecule is C/C=C\[C@H]1CC[C@H]1C#N. The van der Waals surface area contributed by atoms with E-state index in [0.717, 1.165) is 6.42 Å². The highest BCUT2D eigenvalue weighted by atomic mass is 14.4. The Bertz CT molecular complexity index is 152. The van der Waals surface area contributed by atoms with E-state index in [2.05, 4.69) is 12.1 Å². The van der Waals surface area contributed by atoms with Gasteiger partial charge < -0.3 is 0 Å². The Hall–Kier alpha value is -0.770. The van der Waals surface area contributed by atoms with Crippen molar-refractivity contribution in [2.75, 3.05) is 0 Å². The Balaban J connectivity index is 2.38. The molecule has 0 aliphatic heterocycles. The maximum atomic E-state index is 8.50. The fourth-order valence-corrected chi connectivity index (χ4v) is 1.16. The van der Waals surface area contributed by atoms with Gasteiger partial charge in [0.2, 0.25) is 0 Å². The lowest BCUT2D eigenvalue weighted by Gasteiger charge is -2.28. The zero-order valence-corrected chi connectivity index (χ0v) is 5.67. The third-order valence-electron chi connectivity index (χ3n) is 1.93. The first-order chi connectivity index (χ1) is 4.38. The Kier molecular flexibility index (Phi) is 1.89. The van der Waals surface area contributed by atoms with E-state index < -0.39 is 0 Å². The maximum absolute atomic E-state index is 8.50. The lowest BCUT2D eigenvalue weighted by molar-refractivity contribution is 0.294. The molecule has 2 atom stereocenters. The molecule has 0 aromatic carbocycles. The standard InChI is InChI=1S/C8H11N/c1-2-3-7-4-5-8(7)6-9/h2-3,7-8H,4-5H2,1H3/b3-2-/t7-,8-/m0/s1. The van der Waals surface area contributed by atoms with Gasteiger partial charge in [0.15, 0.2) is 0 Å².